The summed E-state index contributed by atoms with van der Waals surface area (Å²) in [6, 6.07) is 13.9. The molecule has 0 bridgehead atoms. The Morgan fingerprint density at radius 3 is 2.42 bits per heavy atom. The monoisotopic (exact) mass is 629 g/mol. The molecule has 1 aliphatic heterocycles. The second kappa shape index (κ2) is 14.7. The number of piperazine rings is 1. The van der Waals surface area contributed by atoms with Crippen molar-refractivity contribution in [3.8, 4) is 17.0 Å². The minimum Gasteiger partial charge on any atom is -0.489 e. The number of aromatic nitrogens is 2. The van der Waals surface area contributed by atoms with Crippen molar-refractivity contribution >= 4 is 33.2 Å². The summed E-state index contributed by atoms with van der Waals surface area (Å²) < 4.78 is 39.5. The molecule has 1 fully saturated rings. The van der Waals surface area contributed by atoms with Crippen LogP contribution in [-0.4, -0.2) is 94.4 Å². The molecule has 0 spiro atoms. The molecule has 2 heterocycles. The average Bonchev–Trinajstić information content (AvgIpc) is 2.99. The lowest BCUT2D eigenvalue weighted by atomic mass is 9.88. The number of benzene rings is 2. The predicted octanol–water partition coefficient (Wildman–Crippen LogP) is 3.65. The Bertz CT molecular complexity index is 1480. The highest BCUT2D eigenvalue weighted by Gasteiger charge is 2.27. The molecular weight excluding hydrogens is 590 g/mol. The summed E-state index contributed by atoms with van der Waals surface area (Å²) in [5.74, 6) is 2.22. The Kier molecular flexibility index (Phi) is 10.7. The SMILES string of the molecule is CS(=O)(=O)CCCOCCOCCN1CCN(c2nc(N)nc3c2CCc2cc(OCc4ccc(Cl)cc4)ccc2-3)CC1. The Morgan fingerprint density at radius 1 is 0.930 bits per heavy atom. The molecule has 0 saturated carbocycles. The topological polar surface area (TPSA) is 120 Å². The largest absolute Gasteiger partial charge is 0.489 e. The van der Waals surface area contributed by atoms with Gasteiger partial charge in [0.05, 0.1) is 31.3 Å². The number of halogens is 1. The fourth-order valence-electron chi connectivity index (χ4n) is 5.43. The molecule has 0 atom stereocenters. The third-order valence-electron chi connectivity index (χ3n) is 7.70. The lowest BCUT2D eigenvalue weighted by molar-refractivity contribution is 0.0384. The van der Waals surface area contributed by atoms with Crippen molar-refractivity contribution in [3.63, 3.8) is 0 Å². The van der Waals surface area contributed by atoms with E-state index in [1.165, 1.54) is 11.8 Å². The number of sulfone groups is 1. The van der Waals surface area contributed by atoms with Crippen molar-refractivity contribution < 1.29 is 22.6 Å². The van der Waals surface area contributed by atoms with Crippen molar-refractivity contribution in [2.75, 3.05) is 81.8 Å². The zero-order valence-electron chi connectivity index (χ0n) is 24.6. The van der Waals surface area contributed by atoms with Crippen molar-refractivity contribution in [2.24, 2.45) is 0 Å². The number of nitrogen functional groups attached to an aromatic ring is 1. The van der Waals surface area contributed by atoms with Crippen LogP contribution in [0.3, 0.4) is 0 Å². The van der Waals surface area contributed by atoms with E-state index < -0.39 is 9.84 Å². The van der Waals surface area contributed by atoms with Gasteiger partial charge in [0.1, 0.15) is 28.0 Å². The number of nitrogens with two attached hydrogens (primary N) is 1. The zero-order valence-corrected chi connectivity index (χ0v) is 26.2. The maximum Gasteiger partial charge on any atom is 0.222 e. The van der Waals surface area contributed by atoms with Gasteiger partial charge < -0.3 is 24.8 Å². The summed E-state index contributed by atoms with van der Waals surface area (Å²) >= 11 is 5.99. The molecule has 3 aromatic rings. The summed E-state index contributed by atoms with van der Waals surface area (Å²) in [5.41, 5.74) is 11.7. The van der Waals surface area contributed by atoms with Gasteiger partial charge in [-0.1, -0.05) is 23.7 Å². The van der Waals surface area contributed by atoms with E-state index in [4.69, 9.17) is 36.5 Å². The van der Waals surface area contributed by atoms with Crippen molar-refractivity contribution in [1.82, 2.24) is 14.9 Å². The van der Waals surface area contributed by atoms with Gasteiger partial charge in [-0.3, -0.25) is 4.90 Å². The molecule has 2 aliphatic rings. The summed E-state index contributed by atoms with van der Waals surface area (Å²) in [6.07, 6.45) is 3.49. The number of fused-ring (bicyclic) bond motifs is 3. The van der Waals surface area contributed by atoms with E-state index in [-0.39, 0.29) is 5.75 Å². The number of nitrogens with zero attached hydrogens (tertiary/aromatic N) is 4. The average molecular weight is 630 g/mol. The maximum absolute atomic E-state index is 11.1. The van der Waals surface area contributed by atoms with E-state index in [2.05, 4.69) is 26.9 Å². The molecule has 0 unspecified atom stereocenters. The first-order valence-electron chi connectivity index (χ1n) is 14.7. The van der Waals surface area contributed by atoms with Crippen molar-refractivity contribution in [2.45, 2.75) is 25.9 Å². The molecule has 43 heavy (non-hydrogen) atoms. The van der Waals surface area contributed by atoms with Gasteiger partial charge in [0.2, 0.25) is 5.95 Å². The van der Waals surface area contributed by atoms with Crippen LogP contribution in [-0.2, 0) is 38.8 Å². The van der Waals surface area contributed by atoms with Crippen LogP contribution >= 0.6 is 11.6 Å². The molecular formula is C31H40ClN5O5S. The fraction of sp³-hybridized carbons (Fsp3) is 0.484. The first kappa shape index (κ1) is 31.5. The molecule has 0 radical (unpaired) electrons. The number of ether oxygens (including phenoxy) is 3. The standard InChI is InChI=1S/C31H40ClN5O5S/c1-43(38,39)20-2-16-40-18-19-41-17-15-36-11-13-37(14-12-36)30-28-9-5-24-21-26(42-22-23-3-6-25(32)7-4-23)8-10-27(24)29(28)34-31(33)35-30/h3-4,6-8,10,21H,2,5,9,11-20,22H2,1H3,(H2,33,34,35). The molecule has 12 heteroatoms. The fourth-order valence-corrected chi connectivity index (χ4v) is 6.20. The van der Waals surface area contributed by atoms with Gasteiger partial charge in [-0.2, -0.15) is 4.98 Å². The first-order valence-corrected chi connectivity index (χ1v) is 17.2. The first-order chi connectivity index (χ1) is 20.7. The Hall–Kier alpha value is -2.96. The minimum atomic E-state index is -2.93. The zero-order chi connectivity index (χ0) is 30.2. The second-order valence-electron chi connectivity index (χ2n) is 11.0. The van der Waals surface area contributed by atoms with E-state index in [1.807, 2.05) is 30.3 Å². The van der Waals surface area contributed by atoms with Crippen LogP contribution in [0.4, 0.5) is 11.8 Å². The molecule has 10 nitrogen and oxygen atoms in total. The lowest BCUT2D eigenvalue weighted by Crippen LogP contribution is -2.48. The van der Waals surface area contributed by atoms with E-state index in [1.54, 1.807) is 0 Å². The van der Waals surface area contributed by atoms with Gasteiger partial charge in [-0.25, -0.2) is 13.4 Å². The summed E-state index contributed by atoms with van der Waals surface area (Å²) in [7, 11) is -2.93. The second-order valence-corrected chi connectivity index (χ2v) is 13.7. The third kappa shape index (κ3) is 9.02. The predicted molar refractivity (Wildman–Crippen MR) is 170 cm³/mol. The van der Waals surface area contributed by atoms with E-state index in [0.717, 1.165) is 79.5 Å². The van der Waals surface area contributed by atoms with Gasteiger partial charge in [0.25, 0.3) is 0 Å². The van der Waals surface area contributed by atoms with Crippen LogP contribution in [0.15, 0.2) is 42.5 Å². The maximum atomic E-state index is 11.1. The molecule has 1 aromatic heterocycles. The Labute approximate surface area is 259 Å². The molecule has 1 aliphatic carbocycles. The molecule has 0 amide bonds. The van der Waals surface area contributed by atoms with E-state index in [0.29, 0.717) is 50.4 Å². The van der Waals surface area contributed by atoms with Crippen LogP contribution in [0, 0.1) is 0 Å². The smallest absolute Gasteiger partial charge is 0.222 e. The normalized spacial score (nSPS) is 15.3. The quantitative estimate of drug-likeness (QED) is 0.265. The summed E-state index contributed by atoms with van der Waals surface area (Å²) in [6.45, 7) is 6.90. The number of anilines is 2. The summed E-state index contributed by atoms with van der Waals surface area (Å²) in [4.78, 5) is 14.1. The Balaban J connectivity index is 1.10. The van der Waals surface area contributed by atoms with Crippen LogP contribution in [0.25, 0.3) is 11.3 Å². The van der Waals surface area contributed by atoms with Gasteiger partial charge in [0.15, 0.2) is 0 Å². The number of hydrogen-bond donors (Lipinski definition) is 1. The minimum absolute atomic E-state index is 0.153. The molecule has 1 saturated heterocycles. The van der Waals surface area contributed by atoms with Gasteiger partial charge in [-0.05, 0) is 60.7 Å². The number of hydrogen-bond acceptors (Lipinski definition) is 10. The summed E-state index contributed by atoms with van der Waals surface area (Å²) in [5, 5.41) is 0.712. The molecule has 2 aromatic carbocycles. The van der Waals surface area contributed by atoms with Crippen LogP contribution in [0.5, 0.6) is 5.75 Å². The Morgan fingerprint density at radius 2 is 1.67 bits per heavy atom. The molecule has 5 rings (SSSR count). The van der Waals surface area contributed by atoms with Crippen LogP contribution in [0.2, 0.25) is 5.02 Å². The number of aryl methyl sites for hydroxylation is 1. The van der Waals surface area contributed by atoms with E-state index in [9.17, 15) is 8.42 Å². The highest BCUT2D eigenvalue weighted by atomic mass is 35.5. The van der Waals surface area contributed by atoms with Gasteiger partial charge in [0, 0.05) is 61.7 Å². The van der Waals surface area contributed by atoms with Crippen LogP contribution < -0.4 is 15.4 Å². The van der Waals surface area contributed by atoms with Crippen LogP contribution in [0.1, 0.15) is 23.1 Å². The third-order valence-corrected chi connectivity index (χ3v) is 8.98. The van der Waals surface area contributed by atoms with Gasteiger partial charge in [-0.15, -0.1) is 0 Å². The highest BCUT2D eigenvalue weighted by molar-refractivity contribution is 7.90. The van der Waals surface area contributed by atoms with E-state index >= 15 is 0 Å². The molecule has 232 valence electrons. The van der Waals surface area contributed by atoms with Crippen molar-refractivity contribution in [1.29, 1.82) is 0 Å². The van der Waals surface area contributed by atoms with Crippen molar-refractivity contribution in [3.05, 3.63) is 64.2 Å². The number of rotatable bonds is 14. The highest BCUT2D eigenvalue weighted by Crippen LogP contribution is 2.38. The lowest BCUT2D eigenvalue weighted by Gasteiger charge is -2.37. The molecule has 2 N–H and O–H groups in total. The van der Waals surface area contributed by atoms with Gasteiger partial charge >= 0.3 is 0 Å².